The fourth-order valence-corrected chi connectivity index (χ4v) is 3.08. The van der Waals surface area contributed by atoms with E-state index in [9.17, 15) is 5.11 Å². The van der Waals surface area contributed by atoms with Crippen molar-refractivity contribution in [2.24, 2.45) is 5.10 Å². The Morgan fingerprint density at radius 2 is 1.96 bits per heavy atom. The summed E-state index contributed by atoms with van der Waals surface area (Å²) in [5, 5.41) is 27.5. The molecule has 24 heavy (non-hydrogen) atoms. The minimum absolute atomic E-state index is 0.0570. The Bertz CT molecular complexity index is 946. The van der Waals surface area contributed by atoms with Crippen LogP contribution < -0.4 is 0 Å². The first-order chi connectivity index (χ1) is 11.4. The van der Waals surface area contributed by atoms with Gasteiger partial charge in [-0.2, -0.15) is 14.9 Å². The Hall–Kier alpha value is -2.19. The van der Waals surface area contributed by atoms with Gasteiger partial charge in [0.2, 0.25) is 0 Å². The molecule has 0 spiro atoms. The second-order valence-corrected chi connectivity index (χ2v) is 6.56. The molecule has 0 unspecified atom stereocenters. The molecule has 0 saturated heterocycles. The highest BCUT2D eigenvalue weighted by Gasteiger charge is 2.14. The maximum Gasteiger partial charge on any atom is 0.273 e. The molecule has 0 amide bonds. The number of hydrogen-bond donors (Lipinski definition) is 1. The summed E-state index contributed by atoms with van der Waals surface area (Å²) in [5.74, 6) is 1.12. The van der Waals surface area contributed by atoms with E-state index in [2.05, 4.69) is 36.3 Å². The quantitative estimate of drug-likeness (QED) is 0.672. The van der Waals surface area contributed by atoms with E-state index in [1.54, 1.807) is 28.4 Å². The van der Waals surface area contributed by atoms with Gasteiger partial charge in [0.1, 0.15) is 5.75 Å². The lowest BCUT2D eigenvalue weighted by Gasteiger charge is -2.05. The number of aromatic hydroxyl groups is 1. The first kappa shape index (κ1) is 16.7. The molecular formula is C15H14BrClN6O. The average molecular weight is 410 g/mol. The predicted molar refractivity (Wildman–Crippen MR) is 95.2 cm³/mol. The van der Waals surface area contributed by atoms with Crippen LogP contribution in [0.5, 0.6) is 5.75 Å². The molecule has 0 aliphatic rings. The number of phenolic OH excluding ortho intramolecular Hbond substituents is 1. The van der Waals surface area contributed by atoms with Crippen LogP contribution in [-0.4, -0.2) is 36.0 Å². The lowest BCUT2D eigenvalue weighted by molar-refractivity contribution is 0.471. The highest BCUT2D eigenvalue weighted by atomic mass is 79.9. The summed E-state index contributed by atoms with van der Waals surface area (Å²) in [6, 6.07) is 5.17. The first-order valence-electron chi connectivity index (χ1n) is 7.05. The van der Waals surface area contributed by atoms with Crippen molar-refractivity contribution in [2.75, 3.05) is 0 Å². The number of halogens is 2. The molecule has 124 valence electrons. The van der Waals surface area contributed by atoms with Crippen LogP contribution in [0, 0.1) is 20.8 Å². The molecule has 0 bridgehead atoms. The molecule has 0 atom stereocenters. The van der Waals surface area contributed by atoms with E-state index in [0.717, 1.165) is 11.4 Å². The van der Waals surface area contributed by atoms with E-state index in [4.69, 9.17) is 11.6 Å². The van der Waals surface area contributed by atoms with Crippen LogP contribution in [0.1, 0.15) is 22.8 Å². The fraction of sp³-hybridized carbons (Fsp3) is 0.200. The van der Waals surface area contributed by atoms with Gasteiger partial charge >= 0.3 is 0 Å². The van der Waals surface area contributed by atoms with Gasteiger partial charge < -0.3 is 5.11 Å². The SMILES string of the molecule is Cc1cc(C)n(-c2nnc(C)n2N=Cc2cc(Cl)cc(Br)c2O)n1. The number of phenols is 1. The van der Waals surface area contributed by atoms with Crippen LogP contribution in [0.4, 0.5) is 0 Å². The van der Waals surface area contributed by atoms with Crippen LogP contribution in [-0.2, 0) is 0 Å². The second kappa shape index (κ2) is 6.37. The van der Waals surface area contributed by atoms with Gasteiger partial charge in [0.05, 0.1) is 16.4 Å². The van der Waals surface area contributed by atoms with Crippen molar-refractivity contribution in [1.82, 2.24) is 24.7 Å². The normalized spacial score (nSPS) is 11.5. The lowest BCUT2D eigenvalue weighted by Crippen LogP contribution is -2.08. The Labute approximate surface area is 151 Å². The number of nitrogens with zero attached hydrogens (tertiary/aromatic N) is 6. The average Bonchev–Trinajstić information content (AvgIpc) is 3.03. The number of benzene rings is 1. The van der Waals surface area contributed by atoms with Crippen molar-refractivity contribution < 1.29 is 5.11 Å². The highest BCUT2D eigenvalue weighted by molar-refractivity contribution is 9.10. The Morgan fingerprint density at radius 1 is 1.21 bits per heavy atom. The molecule has 0 fully saturated rings. The topological polar surface area (TPSA) is 81.1 Å². The molecule has 2 heterocycles. The Balaban J connectivity index is 2.06. The molecule has 2 aromatic heterocycles. The van der Waals surface area contributed by atoms with Gasteiger partial charge in [0.25, 0.3) is 5.95 Å². The number of hydrogen-bond acceptors (Lipinski definition) is 5. The molecule has 3 rings (SSSR count). The van der Waals surface area contributed by atoms with Crippen molar-refractivity contribution in [3.8, 4) is 11.7 Å². The standard InChI is InChI=1S/C15H14BrClN6O/c1-8-4-9(2)22(21-8)15-20-19-10(3)23(15)18-7-11-5-12(17)6-13(16)14(11)24/h4-7,24H,1-3H3. The van der Waals surface area contributed by atoms with Gasteiger partial charge in [-0.1, -0.05) is 11.6 Å². The summed E-state index contributed by atoms with van der Waals surface area (Å²) in [6.07, 6.45) is 1.50. The van der Waals surface area contributed by atoms with Gasteiger partial charge in [0, 0.05) is 16.3 Å². The van der Waals surface area contributed by atoms with E-state index in [-0.39, 0.29) is 5.75 Å². The van der Waals surface area contributed by atoms with Crippen LogP contribution in [0.15, 0.2) is 27.8 Å². The molecular weight excluding hydrogens is 396 g/mol. The minimum atomic E-state index is 0.0570. The van der Waals surface area contributed by atoms with E-state index in [0.29, 0.717) is 26.8 Å². The number of aryl methyl sites for hydroxylation is 3. The van der Waals surface area contributed by atoms with E-state index >= 15 is 0 Å². The fourth-order valence-electron chi connectivity index (χ4n) is 2.25. The van der Waals surface area contributed by atoms with Crippen molar-refractivity contribution in [2.45, 2.75) is 20.8 Å². The van der Waals surface area contributed by atoms with Gasteiger partial charge in [-0.15, -0.1) is 10.2 Å². The van der Waals surface area contributed by atoms with E-state index < -0.39 is 0 Å². The van der Waals surface area contributed by atoms with Gasteiger partial charge in [0.15, 0.2) is 5.82 Å². The lowest BCUT2D eigenvalue weighted by atomic mass is 10.2. The summed E-state index contributed by atoms with van der Waals surface area (Å²) in [7, 11) is 0. The highest BCUT2D eigenvalue weighted by Crippen LogP contribution is 2.30. The van der Waals surface area contributed by atoms with Crippen molar-refractivity contribution in [1.29, 1.82) is 0 Å². The van der Waals surface area contributed by atoms with Crippen molar-refractivity contribution in [3.05, 3.63) is 50.5 Å². The summed E-state index contributed by atoms with van der Waals surface area (Å²) < 4.78 is 3.71. The second-order valence-electron chi connectivity index (χ2n) is 5.27. The molecule has 1 aromatic carbocycles. The maximum absolute atomic E-state index is 10.1. The van der Waals surface area contributed by atoms with Gasteiger partial charge in [-0.05, 0) is 54.9 Å². The molecule has 0 saturated carbocycles. The maximum atomic E-state index is 10.1. The summed E-state index contributed by atoms with van der Waals surface area (Å²) in [6.45, 7) is 5.62. The van der Waals surface area contributed by atoms with Gasteiger partial charge in [-0.3, -0.25) is 0 Å². The summed E-state index contributed by atoms with van der Waals surface area (Å²) in [5.41, 5.74) is 2.27. The third-order valence-corrected chi connectivity index (χ3v) is 4.17. The third-order valence-electron chi connectivity index (χ3n) is 3.35. The molecule has 0 radical (unpaired) electrons. The molecule has 3 aromatic rings. The van der Waals surface area contributed by atoms with Crippen LogP contribution >= 0.6 is 27.5 Å². The Morgan fingerprint density at radius 3 is 2.62 bits per heavy atom. The summed E-state index contributed by atoms with van der Waals surface area (Å²) >= 11 is 9.27. The third kappa shape index (κ3) is 3.07. The van der Waals surface area contributed by atoms with E-state index in [1.165, 1.54) is 6.21 Å². The number of rotatable bonds is 3. The van der Waals surface area contributed by atoms with E-state index in [1.807, 2.05) is 19.9 Å². The molecule has 1 N–H and O–H groups in total. The predicted octanol–water partition coefficient (Wildman–Crippen LogP) is 3.39. The monoisotopic (exact) mass is 408 g/mol. The number of aromatic nitrogens is 5. The zero-order valence-corrected chi connectivity index (χ0v) is 15.5. The smallest absolute Gasteiger partial charge is 0.273 e. The zero-order valence-electron chi connectivity index (χ0n) is 13.2. The van der Waals surface area contributed by atoms with Crippen molar-refractivity contribution in [3.63, 3.8) is 0 Å². The van der Waals surface area contributed by atoms with Crippen LogP contribution in [0.25, 0.3) is 5.95 Å². The first-order valence-corrected chi connectivity index (χ1v) is 8.22. The molecule has 7 nitrogen and oxygen atoms in total. The molecule has 0 aliphatic carbocycles. The van der Waals surface area contributed by atoms with Crippen LogP contribution in [0.3, 0.4) is 0 Å². The van der Waals surface area contributed by atoms with Crippen molar-refractivity contribution >= 4 is 33.7 Å². The zero-order chi connectivity index (χ0) is 17.4. The van der Waals surface area contributed by atoms with Gasteiger partial charge in [-0.25, -0.2) is 4.68 Å². The summed E-state index contributed by atoms with van der Waals surface area (Å²) in [4.78, 5) is 0. The Kier molecular flexibility index (Phi) is 4.42. The molecule has 0 aliphatic heterocycles. The molecule has 9 heteroatoms. The minimum Gasteiger partial charge on any atom is -0.506 e. The largest absolute Gasteiger partial charge is 0.506 e. The van der Waals surface area contributed by atoms with Crippen LogP contribution in [0.2, 0.25) is 5.02 Å².